The molecule has 1 aromatic rings. The van der Waals surface area contributed by atoms with Crippen LogP contribution in [0.25, 0.3) is 0 Å². The van der Waals surface area contributed by atoms with Crippen LogP contribution in [0.1, 0.15) is 29.3 Å². The molecular formula is C11H11BrF2OS. The highest BCUT2D eigenvalue weighted by molar-refractivity contribution is 9.10. The van der Waals surface area contributed by atoms with Gasteiger partial charge in [-0.1, -0.05) is 22.0 Å². The fourth-order valence-corrected chi connectivity index (χ4v) is 2.14. The Hall–Kier alpha value is -0.420. The number of rotatable bonds is 4. The molecule has 1 aromatic carbocycles. The van der Waals surface area contributed by atoms with E-state index >= 15 is 0 Å². The predicted molar refractivity (Wildman–Crippen MR) is 65.9 cm³/mol. The first-order chi connectivity index (χ1) is 7.47. The maximum atomic E-state index is 12.7. The largest absolute Gasteiger partial charge is 0.293 e. The van der Waals surface area contributed by atoms with Crippen molar-refractivity contribution in [2.75, 3.05) is 6.26 Å². The van der Waals surface area contributed by atoms with Crippen molar-refractivity contribution in [2.24, 2.45) is 0 Å². The van der Waals surface area contributed by atoms with Gasteiger partial charge < -0.3 is 0 Å². The molecule has 0 bridgehead atoms. The third-order valence-corrected chi connectivity index (χ3v) is 3.34. The zero-order chi connectivity index (χ0) is 12.3. The molecule has 0 saturated heterocycles. The summed E-state index contributed by atoms with van der Waals surface area (Å²) in [5.41, 5.74) is 0.240. The molecule has 0 radical (unpaired) electrons. The van der Waals surface area contributed by atoms with Gasteiger partial charge in [0, 0.05) is 16.0 Å². The summed E-state index contributed by atoms with van der Waals surface area (Å²) in [5.74, 6) is -0.186. The zero-order valence-electron chi connectivity index (χ0n) is 8.84. The van der Waals surface area contributed by atoms with E-state index in [2.05, 4.69) is 15.9 Å². The number of carbonyl (C=O) groups is 1. The molecule has 1 atom stereocenters. The molecule has 5 heteroatoms. The number of carbonyl (C=O) groups excluding carboxylic acids is 1. The van der Waals surface area contributed by atoms with Gasteiger partial charge >= 0.3 is 0 Å². The average molecular weight is 309 g/mol. The van der Waals surface area contributed by atoms with Gasteiger partial charge in [0.25, 0.3) is 6.43 Å². The fourth-order valence-electron chi connectivity index (χ4n) is 1.29. The Labute approximate surface area is 106 Å². The van der Waals surface area contributed by atoms with Gasteiger partial charge in [-0.05, 0) is 25.3 Å². The van der Waals surface area contributed by atoms with Crippen molar-refractivity contribution < 1.29 is 13.6 Å². The fraction of sp³-hybridized carbons (Fsp3) is 0.364. The van der Waals surface area contributed by atoms with Crippen molar-refractivity contribution in [1.82, 2.24) is 0 Å². The monoisotopic (exact) mass is 308 g/mol. The van der Waals surface area contributed by atoms with Crippen LogP contribution in [0.2, 0.25) is 0 Å². The Bertz CT molecular complexity index is 394. The van der Waals surface area contributed by atoms with Gasteiger partial charge in [-0.3, -0.25) is 4.79 Å². The highest BCUT2D eigenvalue weighted by Gasteiger charge is 2.17. The average Bonchev–Trinajstić information content (AvgIpc) is 2.26. The first-order valence-electron chi connectivity index (χ1n) is 4.61. The van der Waals surface area contributed by atoms with Crippen LogP contribution in [-0.2, 0) is 0 Å². The molecule has 16 heavy (non-hydrogen) atoms. The molecule has 0 heterocycles. The molecule has 1 rings (SSSR count). The number of hydrogen-bond donors (Lipinski definition) is 0. The van der Waals surface area contributed by atoms with Crippen molar-refractivity contribution in [1.29, 1.82) is 0 Å². The van der Waals surface area contributed by atoms with Crippen LogP contribution in [0.3, 0.4) is 0 Å². The Morgan fingerprint density at radius 2 is 2.06 bits per heavy atom. The van der Waals surface area contributed by atoms with Crippen LogP contribution < -0.4 is 0 Å². The van der Waals surface area contributed by atoms with Crippen LogP contribution in [0, 0.1) is 0 Å². The van der Waals surface area contributed by atoms with Gasteiger partial charge in [0.2, 0.25) is 0 Å². The number of alkyl halides is 3. The quantitative estimate of drug-likeness (QED) is 0.468. The Morgan fingerprint density at radius 3 is 2.50 bits per heavy atom. The Morgan fingerprint density at radius 1 is 1.44 bits per heavy atom. The summed E-state index contributed by atoms with van der Waals surface area (Å²) in [6, 6.07) is 4.42. The number of halogens is 3. The number of hydrogen-bond acceptors (Lipinski definition) is 2. The molecule has 0 fully saturated rings. The van der Waals surface area contributed by atoms with Crippen molar-refractivity contribution in [3.05, 3.63) is 29.3 Å². The van der Waals surface area contributed by atoms with Crippen molar-refractivity contribution in [2.45, 2.75) is 23.1 Å². The third-order valence-electron chi connectivity index (χ3n) is 2.11. The number of Topliss-reactive ketones (excluding diaryl/α,β-unsaturated/α-hetero) is 1. The highest BCUT2D eigenvalue weighted by atomic mass is 79.9. The third kappa shape index (κ3) is 3.04. The van der Waals surface area contributed by atoms with Crippen LogP contribution in [0.4, 0.5) is 8.78 Å². The van der Waals surface area contributed by atoms with Gasteiger partial charge in [0.15, 0.2) is 5.78 Å². The first kappa shape index (κ1) is 13.6. The molecule has 0 aliphatic heterocycles. The van der Waals surface area contributed by atoms with Gasteiger partial charge in [-0.2, -0.15) is 0 Å². The smallest absolute Gasteiger partial charge is 0.264 e. The summed E-state index contributed by atoms with van der Waals surface area (Å²) in [6.07, 6.45) is -0.823. The second-order valence-corrected chi connectivity index (χ2v) is 5.46. The molecule has 1 nitrogen and oxygen atoms in total. The topological polar surface area (TPSA) is 17.1 Å². The SMILES string of the molecule is CSc1ccc(C(=O)C(C)Br)cc1C(F)F. The molecule has 0 aromatic heterocycles. The minimum Gasteiger partial charge on any atom is -0.293 e. The molecule has 88 valence electrons. The van der Waals surface area contributed by atoms with Gasteiger partial charge in [0.1, 0.15) is 0 Å². The van der Waals surface area contributed by atoms with Crippen LogP contribution >= 0.6 is 27.7 Å². The zero-order valence-corrected chi connectivity index (χ0v) is 11.2. The standard InChI is InChI=1S/C11H11BrF2OS/c1-6(12)10(15)7-3-4-9(16-2)8(5-7)11(13)14/h3-6,11H,1-2H3. The van der Waals surface area contributed by atoms with Crippen molar-refractivity contribution >= 4 is 33.5 Å². The van der Waals surface area contributed by atoms with E-state index in [-0.39, 0.29) is 16.2 Å². The van der Waals surface area contributed by atoms with E-state index in [4.69, 9.17) is 0 Å². The Balaban J connectivity index is 3.17. The van der Waals surface area contributed by atoms with Gasteiger partial charge in [-0.25, -0.2) is 8.78 Å². The first-order valence-corrected chi connectivity index (χ1v) is 6.75. The predicted octanol–water partition coefficient (Wildman–Crippen LogP) is 4.31. The molecule has 0 spiro atoms. The summed E-state index contributed by atoms with van der Waals surface area (Å²) in [7, 11) is 0. The van der Waals surface area contributed by atoms with Crippen molar-refractivity contribution in [3.8, 4) is 0 Å². The van der Waals surface area contributed by atoms with E-state index in [0.717, 1.165) is 0 Å². The van der Waals surface area contributed by atoms with Crippen LogP contribution in [0.15, 0.2) is 23.1 Å². The molecule has 1 unspecified atom stereocenters. The molecule has 0 saturated carbocycles. The number of ketones is 1. The molecule has 0 aliphatic rings. The molecule has 0 N–H and O–H groups in total. The number of benzene rings is 1. The van der Waals surface area contributed by atoms with Crippen LogP contribution in [0.5, 0.6) is 0 Å². The van der Waals surface area contributed by atoms with E-state index in [1.807, 2.05) is 0 Å². The summed E-state index contributed by atoms with van der Waals surface area (Å²) in [6.45, 7) is 1.67. The van der Waals surface area contributed by atoms with E-state index in [1.165, 1.54) is 17.8 Å². The van der Waals surface area contributed by atoms with Crippen LogP contribution in [-0.4, -0.2) is 16.9 Å². The molecular weight excluding hydrogens is 298 g/mol. The molecule has 0 aliphatic carbocycles. The van der Waals surface area contributed by atoms with Gasteiger partial charge in [-0.15, -0.1) is 11.8 Å². The summed E-state index contributed by atoms with van der Waals surface area (Å²) < 4.78 is 25.4. The second-order valence-electron chi connectivity index (χ2n) is 3.24. The molecule has 0 amide bonds. The van der Waals surface area contributed by atoms with E-state index in [9.17, 15) is 13.6 Å². The van der Waals surface area contributed by atoms with E-state index in [1.54, 1.807) is 25.3 Å². The van der Waals surface area contributed by atoms with E-state index < -0.39 is 6.43 Å². The number of thioether (sulfide) groups is 1. The lowest BCUT2D eigenvalue weighted by Gasteiger charge is -2.09. The lowest BCUT2D eigenvalue weighted by Crippen LogP contribution is -2.10. The second kappa shape index (κ2) is 5.77. The maximum absolute atomic E-state index is 12.7. The summed E-state index contributed by atoms with van der Waals surface area (Å²) >= 11 is 4.38. The minimum absolute atomic E-state index is 0.0773. The van der Waals surface area contributed by atoms with E-state index in [0.29, 0.717) is 10.5 Å². The minimum atomic E-state index is -2.55. The van der Waals surface area contributed by atoms with Gasteiger partial charge in [0.05, 0.1) is 4.83 Å². The maximum Gasteiger partial charge on any atom is 0.264 e. The summed E-state index contributed by atoms with van der Waals surface area (Å²) in [5, 5.41) is 0. The summed E-state index contributed by atoms with van der Waals surface area (Å²) in [4.78, 5) is 11.8. The normalized spacial score (nSPS) is 12.9. The lowest BCUT2D eigenvalue weighted by atomic mass is 10.1. The lowest BCUT2D eigenvalue weighted by molar-refractivity contribution is 0.0995. The van der Waals surface area contributed by atoms with Crippen molar-refractivity contribution in [3.63, 3.8) is 0 Å². The highest BCUT2D eigenvalue weighted by Crippen LogP contribution is 2.30. The Kier molecular flexibility index (Phi) is 4.92.